The van der Waals surface area contributed by atoms with Gasteiger partial charge in [-0.2, -0.15) is 0 Å². The van der Waals surface area contributed by atoms with E-state index in [1.165, 1.54) is 0 Å². The summed E-state index contributed by atoms with van der Waals surface area (Å²) in [4.78, 5) is 4.36. The zero-order valence-electron chi connectivity index (χ0n) is 8.75. The SMILES string of the molecule is CN(C)CCN(C)C.NCCO. The molecule has 0 aromatic rings. The molecular formula is C8H23N3O. The average Bonchev–Trinajstić information content (AvgIpc) is 2.01. The molecule has 0 heterocycles. The molecule has 0 aliphatic heterocycles. The first-order valence-corrected chi connectivity index (χ1v) is 4.15. The Morgan fingerprint density at radius 2 is 1.25 bits per heavy atom. The number of hydrogen-bond acceptors (Lipinski definition) is 4. The summed E-state index contributed by atoms with van der Waals surface area (Å²) in [5.41, 5.74) is 4.78. The van der Waals surface area contributed by atoms with Gasteiger partial charge in [-0.25, -0.2) is 0 Å². The lowest BCUT2D eigenvalue weighted by Gasteiger charge is -2.13. The van der Waals surface area contributed by atoms with E-state index in [0.717, 1.165) is 13.1 Å². The molecule has 0 fully saturated rings. The molecule has 4 heteroatoms. The fourth-order valence-electron chi connectivity index (χ4n) is 0.400. The molecule has 0 atom stereocenters. The first-order valence-electron chi connectivity index (χ1n) is 4.15. The van der Waals surface area contributed by atoms with Crippen LogP contribution < -0.4 is 5.73 Å². The maximum Gasteiger partial charge on any atom is 0.0553 e. The van der Waals surface area contributed by atoms with Gasteiger partial charge in [-0.05, 0) is 28.2 Å². The highest BCUT2D eigenvalue weighted by Crippen LogP contribution is 1.76. The van der Waals surface area contributed by atoms with Crippen LogP contribution in [0.5, 0.6) is 0 Å². The van der Waals surface area contributed by atoms with Crippen molar-refractivity contribution in [2.24, 2.45) is 5.73 Å². The molecule has 0 amide bonds. The van der Waals surface area contributed by atoms with Gasteiger partial charge in [0.25, 0.3) is 0 Å². The lowest BCUT2D eigenvalue weighted by Crippen LogP contribution is -2.25. The predicted octanol–water partition coefficient (Wildman–Crippen LogP) is -0.953. The molecule has 0 unspecified atom stereocenters. The summed E-state index contributed by atoms with van der Waals surface area (Å²) in [5, 5.41) is 7.75. The zero-order chi connectivity index (χ0) is 9.98. The maximum atomic E-state index is 7.75. The molecule has 0 saturated heterocycles. The fourth-order valence-corrected chi connectivity index (χ4v) is 0.400. The largest absolute Gasteiger partial charge is 0.395 e. The van der Waals surface area contributed by atoms with E-state index in [1.807, 2.05) is 0 Å². The summed E-state index contributed by atoms with van der Waals surface area (Å²) in [6.45, 7) is 2.76. The summed E-state index contributed by atoms with van der Waals surface area (Å²) in [6, 6.07) is 0. The van der Waals surface area contributed by atoms with Gasteiger partial charge in [-0.1, -0.05) is 0 Å². The van der Waals surface area contributed by atoms with Crippen molar-refractivity contribution in [1.29, 1.82) is 0 Å². The van der Waals surface area contributed by atoms with Crippen molar-refractivity contribution in [1.82, 2.24) is 9.80 Å². The standard InChI is InChI=1S/C6H16N2.C2H7NO/c1-7(2)5-6-8(3)4;3-1-2-4/h5-6H2,1-4H3;4H,1-3H2. The van der Waals surface area contributed by atoms with E-state index in [2.05, 4.69) is 38.0 Å². The lowest BCUT2D eigenvalue weighted by atomic mass is 10.5. The minimum atomic E-state index is 0.0972. The highest BCUT2D eigenvalue weighted by atomic mass is 16.3. The Balaban J connectivity index is 0. The van der Waals surface area contributed by atoms with Gasteiger partial charge in [0.05, 0.1) is 6.61 Å². The van der Waals surface area contributed by atoms with Crippen molar-refractivity contribution < 1.29 is 5.11 Å². The van der Waals surface area contributed by atoms with Gasteiger partial charge in [-0.15, -0.1) is 0 Å². The first kappa shape index (κ1) is 14.4. The maximum absolute atomic E-state index is 7.75. The summed E-state index contributed by atoms with van der Waals surface area (Å²) >= 11 is 0. The monoisotopic (exact) mass is 177 g/mol. The summed E-state index contributed by atoms with van der Waals surface area (Å²) in [6.07, 6.45) is 0. The molecule has 76 valence electrons. The smallest absolute Gasteiger partial charge is 0.0553 e. The molecule has 0 radical (unpaired) electrons. The second-order valence-corrected chi connectivity index (χ2v) is 3.12. The molecule has 4 nitrogen and oxygen atoms in total. The minimum absolute atomic E-state index is 0.0972. The van der Waals surface area contributed by atoms with Crippen molar-refractivity contribution >= 4 is 0 Å². The van der Waals surface area contributed by atoms with Crippen molar-refractivity contribution in [2.75, 3.05) is 54.4 Å². The molecule has 0 bridgehead atoms. The molecule has 12 heavy (non-hydrogen) atoms. The number of nitrogens with two attached hydrogens (primary N) is 1. The quantitative estimate of drug-likeness (QED) is 0.581. The normalized spacial score (nSPS) is 10.0. The molecular weight excluding hydrogens is 154 g/mol. The molecule has 0 aliphatic rings. The Morgan fingerprint density at radius 1 is 1.00 bits per heavy atom. The Hall–Kier alpha value is -0.160. The van der Waals surface area contributed by atoms with E-state index in [-0.39, 0.29) is 6.61 Å². The van der Waals surface area contributed by atoms with Crippen LogP contribution in [0.1, 0.15) is 0 Å². The average molecular weight is 177 g/mol. The van der Waals surface area contributed by atoms with Crippen LogP contribution in [0.25, 0.3) is 0 Å². The van der Waals surface area contributed by atoms with Crippen LogP contribution in [0.15, 0.2) is 0 Å². The van der Waals surface area contributed by atoms with Gasteiger partial charge in [0.15, 0.2) is 0 Å². The third-order valence-corrected chi connectivity index (χ3v) is 1.12. The fraction of sp³-hybridized carbons (Fsp3) is 1.00. The van der Waals surface area contributed by atoms with E-state index >= 15 is 0 Å². The van der Waals surface area contributed by atoms with Crippen LogP contribution in [0.4, 0.5) is 0 Å². The zero-order valence-corrected chi connectivity index (χ0v) is 8.75. The first-order chi connectivity index (χ1) is 5.54. The van der Waals surface area contributed by atoms with Gasteiger partial charge in [0.2, 0.25) is 0 Å². The summed E-state index contributed by atoms with van der Waals surface area (Å²) in [5.74, 6) is 0. The Bertz CT molecular complexity index is 66.7. The van der Waals surface area contributed by atoms with Gasteiger partial charge in [-0.3, -0.25) is 0 Å². The highest BCUT2D eigenvalue weighted by molar-refractivity contribution is 4.45. The molecule has 0 aliphatic carbocycles. The van der Waals surface area contributed by atoms with E-state index in [4.69, 9.17) is 10.8 Å². The Labute approximate surface area is 76.0 Å². The van der Waals surface area contributed by atoms with Crippen molar-refractivity contribution in [3.63, 3.8) is 0 Å². The number of hydrogen-bond donors (Lipinski definition) is 2. The van der Waals surface area contributed by atoms with Crippen LogP contribution in [0, 0.1) is 0 Å². The number of aliphatic hydroxyl groups is 1. The van der Waals surface area contributed by atoms with Crippen LogP contribution in [0.2, 0.25) is 0 Å². The summed E-state index contributed by atoms with van der Waals surface area (Å²) in [7, 11) is 8.35. The third-order valence-electron chi connectivity index (χ3n) is 1.12. The van der Waals surface area contributed by atoms with E-state index in [0.29, 0.717) is 6.54 Å². The Kier molecular flexibility index (Phi) is 13.0. The highest BCUT2D eigenvalue weighted by Gasteiger charge is 1.89. The van der Waals surface area contributed by atoms with E-state index in [1.54, 1.807) is 0 Å². The predicted molar refractivity (Wildman–Crippen MR) is 53.2 cm³/mol. The number of aliphatic hydroxyl groups excluding tert-OH is 1. The van der Waals surface area contributed by atoms with Crippen LogP contribution in [-0.2, 0) is 0 Å². The molecule has 0 saturated carbocycles. The number of rotatable bonds is 4. The number of nitrogens with zero attached hydrogens (tertiary/aromatic N) is 2. The molecule has 3 N–H and O–H groups in total. The molecule has 0 spiro atoms. The second-order valence-electron chi connectivity index (χ2n) is 3.12. The van der Waals surface area contributed by atoms with Gasteiger partial charge in [0.1, 0.15) is 0 Å². The minimum Gasteiger partial charge on any atom is -0.395 e. The van der Waals surface area contributed by atoms with E-state index in [9.17, 15) is 0 Å². The van der Waals surface area contributed by atoms with E-state index < -0.39 is 0 Å². The Morgan fingerprint density at radius 3 is 1.33 bits per heavy atom. The second kappa shape index (κ2) is 10.8. The molecule has 0 rings (SSSR count). The van der Waals surface area contributed by atoms with Crippen LogP contribution in [0.3, 0.4) is 0 Å². The topological polar surface area (TPSA) is 52.7 Å². The van der Waals surface area contributed by atoms with Crippen LogP contribution >= 0.6 is 0 Å². The molecule has 0 aromatic heterocycles. The van der Waals surface area contributed by atoms with Crippen molar-refractivity contribution in [3.8, 4) is 0 Å². The van der Waals surface area contributed by atoms with Crippen molar-refractivity contribution in [2.45, 2.75) is 0 Å². The summed E-state index contributed by atoms with van der Waals surface area (Å²) < 4.78 is 0. The molecule has 0 aromatic carbocycles. The van der Waals surface area contributed by atoms with Gasteiger partial charge >= 0.3 is 0 Å². The lowest BCUT2D eigenvalue weighted by molar-refractivity contribution is 0.306. The van der Waals surface area contributed by atoms with Gasteiger partial charge < -0.3 is 20.6 Å². The van der Waals surface area contributed by atoms with Crippen molar-refractivity contribution in [3.05, 3.63) is 0 Å². The van der Waals surface area contributed by atoms with Crippen LogP contribution in [-0.4, -0.2) is 69.3 Å². The third kappa shape index (κ3) is 22.5. The number of likely N-dealkylation sites (N-methyl/N-ethyl adjacent to an activating group) is 2. The van der Waals surface area contributed by atoms with Gasteiger partial charge in [0, 0.05) is 19.6 Å².